The van der Waals surface area contributed by atoms with E-state index in [0.29, 0.717) is 5.75 Å². The van der Waals surface area contributed by atoms with Crippen molar-refractivity contribution in [2.75, 3.05) is 0 Å². The van der Waals surface area contributed by atoms with Gasteiger partial charge >= 0.3 is 0 Å². The van der Waals surface area contributed by atoms with Crippen molar-refractivity contribution in [1.29, 1.82) is 0 Å². The Kier molecular flexibility index (Phi) is 10.8. The highest BCUT2D eigenvalue weighted by Crippen LogP contribution is 2.36. The summed E-state index contributed by atoms with van der Waals surface area (Å²) in [6, 6.07) is 14.5. The smallest absolute Gasteiger partial charge is 0.123 e. The zero-order chi connectivity index (χ0) is 20.0. The molecule has 0 amide bonds. The first-order chi connectivity index (χ1) is 13.8. The van der Waals surface area contributed by atoms with Gasteiger partial charge in [-0.15, -0.1) is 0 Å². The number of rotatable bonds is 14. The molecule has 0 fully saturated rings. The number of phenols is 1. The molecule has 1 heteroatoms. The second kappa shape index (κ2) is 13.4. The Hall–Kier alpha value is -1.76. The van der Waals surface area contributed by atoms with Crippen LogP contribution in [0, 0.1) is 0 Å². The second-order valence-electron chi connectivity index (χ2n) is 8.15. The van der Waals surface area contributed by atoms with Crippen LogP contribution in [-0.2, 0) is 12.8 Å². The average molecular weight is 381 g/mol. The third-order valence-electron chi connectivity index (χ3n) is 5.78. The van der Waals surface area contributed by atoms with Crippen molar-refractivity contribution in [3.63, 3.8) is 0 Å². The fourth-order valence-corrected chi connectivity index (χ4v) is 4.13. The van der Waals surface area contributed by atoms with Crippen LogP contribution in [0.2, 0.25) is 0 Å². The summed E-state index contributed by atoms with van der Waals surface area (Å²) in [5, 5.41) is 10.7. The lowest BCUT2D eigenvalue weighted by atomic mass is 9.88. The van der Waals surface area contributed by atoms with Crippen LogP contribution in [-0.4, -0.2) is 5.11 Å². The molecule has 1 N–H and O–H groups in total. The van der Waals surface area contributed by atoms with E-state index in [2.05, 4.69) is 44.2 Å². The maximum atomic E-state index is 10.7. The van der Waals surface area contributed by atoms with Crippen LogP contribution >= 0.6 is 0 Å². The van der Waals surface area contributed by atoms with Crippen molar-refractivity contribution in [1.82, 2.24) is 0 Å². The van der Waals surface area contributed by atoms with Gasteiger partial charge in [0.25, 0.3) is 0 Å². The molecule has 28 heavy (non-hydrogen) atoms. The van der Waals surface area contributed by atoms with Gasteiger partial charge in [-0.3, -0.25) is 0 Å². The van der Waals surface area contributed by atoms with E-state index < -0.39 is 0 Å². The van der Waals surface area contributed by atoms with E-state index in [1.165, 1.54) is 81.8 Å². The van der Waals surface area contributed by atoms with Crippen molar-refractivity contribution in [3.8, 4) is 16.9 Å². The van der Waals surface area contributed by atoms with Crippen LogP contribution in [0.4, 0.5) is 0 Å². The summed E-state index contributed by atoms with van der Waals surface area (Å²) in [4.78, 5) is 0. The third-order valence-corrected chi connectivity index (χ3v) is 5.78. The van der Waals surface area contributed by atoms with Gasteiger partial charge in [-0.05, 0) is 48.4 Å². The van der Waals surface area contributed by atoms with Crippen molar-refractivity contribution in [2.24, 2.45) is 0 Å². The number of unbranched alkanes of at least 4 members (excludes halogenated alkanes) is 9. The summed E-state index contributed by atoms with van der Waals surface area (Å²) in [7, 11) is 0. The maximum Gasteiger partial charge on any atom is 0.123 e. The van der Waals surface area contributed by atoms with E-state index in [1.807, 2.05) is 12.1 Å². The molecule has 0 aliphatic carbocycles. The predicted octanol–water partition coefficient (Wildman–Crippen LogP) is 8.48. The highest BCUT2D eigenvalue weighted by Gasteiger charge is 2.14. The minimum atomic E-state index is 0.432. The molecule has 0 radical (unpaired) electrons. The third kappa shape index (κ3) is 7.34. The molecule has 0 aliphatic rings. The van der Waals surface area contributed by atoms with Crippen LogP contribution in [0.15, 0.2) is 42.5 Å². The van der Waals surface area contributed by atoms with Gasteiger partial charge in [0.15, 0.2) is 0 Å². The van der Waals surface area contributed by atoms with Crippen molar-refractivity contribution < 1.29 is 5.11 Å². The lowest BCUT2D eigenvalue weighted by Crippen LogP contribution is -2.00. The molecule has 0 heterocycles. The Morgan fingerprint density at radius 1 is 0.607 bits per heavy atom. The van der Waals surface area contributed by atoms with E-state index in [1.54, 1.807) is 0 Å². The summed E-state index contributed by atoms with van der Waals surface area (Å²) >= 11 is 0. The number of hydrogen-bond acceptors (Lipinski definition) is 1. The van der Waals surface area contributed by atoms with Crippen molar-refractivity contribution in [3.05, 3.63) is 53.6 Å². The summed E-state index contributed by atoms with van der Waals surface area (Å²) in [5.74, 6) is 0.432. The van der Waals surface area contributed by atoms with E-state index in [4.69, 9.17) is 0 Å². The molecule has 0 spiro atoms. The predicted molar refractivity (Wildman–Crippen MR) is 123 cm³/mol. The first-order valence-electron chi connectivity index (χ1n) is 11.7. The first-order valence-corrected chi connectivity index (χ1v) is 11.7. The first kappa shape index (κ1) is 22.5. The zero-order valence-electron chi connectivity index (χ0n) is 18.2. The van der Waals surface area contributed by atoms with Gasteiger partial charge in [0.1, 0.15) is 5.75 Å². The highest BCUT2D eigenvalue weighted by atomic mass is 16.3. The van der Waals surface area contributed by atoms with Crippen molar-refractivity contribution in [2.45, 2.75) is 97.3 Å². The quantitative estimate of drug-likeness (QED) is 0.326. The Balaban J connectivity index is 2.11. The van der Waals surface area contributed by atoms with E-state index in [9.17, 15) is 5.11 Å². The minimum absolute atomic E-state index is 0.432. The number of aromatic hydroxyl groups is 1. The van der Waals surface area contributed by atoms with E-state index in [0.717, 1.165) is 24.0 Å². The lowest BCUT2D eigenvalue weighted by Gasteiger charge is -2.17. The van der Waals surface area contributed by atoms with Gasteiger partial charge in [-0.2, -0.15) is 0 Å². The van der Waals surface area contributed by atoms with Crippen LogP contribution in [0.5, 0.6) is 5.75 Å². The zero-order valence-corrected chi connectivity index (χ0v) is 18.2. The fourth-order valence-electron chi connectivity index (χ4n) is 4.13. The molecule has 1 nitrogen and oxygen atoms in total. The Morgan fingerprint density at radius 3 is 1.86 bits per heavy atom. The Labute approximate surface area is 173 Å². The van der Waals surface area contributed by atoms with Crippen molar-refractivity contribution >= 4 is 0 Å². The fraction of sp³-hybridized carbons (Fsp3) is 0.556. The molecule has 2 aromatic carbocycles. The van der Waals surface area contributed by atoms with Gasteiger partial charge in [0.05, 0.1) is 0 Å². The number of phenolic OH excluding ortho intramolecular Hbond substituents is 1. The summed E-state index contributed by atoms with van der Waals surface area (Å²) in [5.41, 5.74) is 5.04. The monoisotopic (exact) mass is 380 g/mol. The summed E-state index contributed by atoms with van der Waals surface area (Å²) in [6.07, 6.45) is 16.6. The van der Waals surface area contributed by atoms with Crippen LogP contribution in [0.25, 0.3) is 11.1 Å². The summed E-state index contributed by atoms with van der Waals surface area (Å²) < 4.78 is 0. The molecular formula is C27H40O. The molecule has 0 saturated carbocycles. The maximum absolute atomic E-state index is 10.7. The van der Waals surface area contributed by atoms with E-state index >= 15 is 0 Å². The minimum Gasteiger partial charge on any atom is -0.507 e. The van der Waals surface area contributed by atoms with Gasteiger partial charge in [-0.1, -0.05) is 108 Å². The molecule has 154 valence electrons. The molecule has 0 saturated heterocycles. The second-order valence-corrected chi connectivity index (χ2v) is 8.15. The molecular weight excluding hydrogens is 340 g/mol. The Bertz CT molecular complexity index is 659. The number of hydrogen-bond donors (Lipinski definition) is 1. The molecule has 2 aromatic rings. The molecule has 0 atom stereocenters. The van der Waals surface area contributed by atoms with Crippen LogP contribution < -0.4 is 0 Å². The van der Waals surface area contributed by atoms with Gasteiger partial charge in [0, 0.05) is 5.56 Å². The highest BCUT2D eigenvalue weighted by molar-refractivity contribution is 5.75. The van der Waals surface area contributed by atoms with Gasteiger partial charge in [0.2, 0.25) is 0 Å². The molecule has 2 rings (SSSR count). The average Bonchev–Trinajstić information content (AvgIpc) is 2.72. The molecule has 0 aliphatic heterocycles. The van der Waals surface area contributed by atoms with Crippen LogP contribution in [0.3, 0.4) is 0 Å². The number of benzene rings is 2. The van der Waals surface area contributed by atoms with Gasteiger partial charge < -0.3 is 5.11 Å². The topological polar surface area (TPSA) is 20.2 Å². The normalized spacial score (nSPS) is 11.1. The number of aryl methyl sites for hydroxylation is 1. The molecule has 0 unspecified atom stereocenters. The van der Waals surface area contributed by atoms with E-state index in [-0.39, 0.29) is 0 Å². The van der Waals surface area contributed by atoms with Gasteiger partial charge in [-0.25, -0.2) is 0 Å². The largest absolute Gasteiger partial charge is 0.507 e. The standard InChI is InChI=1S/C27H40O/c1-3-5-7-9-10-11-16-20-25-23(17-13-8-6-4-2)21-22-26(28)27(25)24-18-14-12-15-19-24/h12,14-15,18-19,21-22,28H,3-11,13,16-17,20H2,1-2H3. The van der Waals surface area contributed by atoms with Crippen LogP contribution in [0.1, 0.15) is 95.6 Å². The Morgan fingerprint density at radius 2 is 1.18 bits per heavy atom. The lowest BCUT2D eigenvalue weighted by molar-refractivity contribution is 0.476. The molecule has 0 aromatic heterocycles. The SMILES string of the molecule is CCCCCCCCCc1c(CCCCCC)ccc(O)c1-c1ccccc1. The summed E-state index contributed by atoms with van der Waals surface area (Å²) in [6.45, 7) is 4.54. The molecule has 0 bridgehead atoms.